The van der Waals surface area contributed by atoms with Gasteiger partial charge >= 0.3 is 0 Å². The first-order chi connectivity index (χ1) is 10.2. The van der Waals surface area contributed by atoms with Gasteiger partial charge in [-0.05, 0) is 36.8 Å². The molecule has 3 N–H and O–H groups in total. The second kappa shape index (κ2) is 7.06. The molecule has 0 aliphatic heterocycles. The monoisotopic (exact) mass is 290 g/mol. The summed E-state index contributed by atoms with van der Waals surface area (Å²) in [7, 11) is 1.50. The van der Waals surface area contributed by atoms with Gasteiger partial charge in [-0.25, -0.2) is 9.82 Å². The fraction of sp³-hybridized carbons (Fsp3) is 0.250. The number of methoxy groups -OCH3 is 1. The fourth-order valence-corrected chi connectivity index (χ4v) is 2.24. The van der Waals surface area contributed by atoms with Crippen molar-refractivity contribution < 1.29 is 13.9 Å². The van der Waals surface area contributed by atoms with Gasteiger partial charge in [0.25, 0.3) is 0 Å². The Morgan fingerprint density at radius 3 is 2.48 bits per heavy atom. The van der Waals surface area contributed by atoms with Crippen molar-refractivity contribution in [3.8, 4) is 11.5 Å². The van der Waals surface area contributed by atoms with Crippen molar-refractivity contribution in [3.05, 3.63) is 59.4 Å². The molecule has 112 valence electrons. The average Bonchev–Trinajstić information content (AvgIpc) is 2.51. The van der Waals surface area contributed by atoms with E-state index in [0.717, 1.165) is 11.3 Å². The van der Waals surface area contributed by atoms with Gasteiger partial charge in [-0.2, -0.15) is 0 Å². The van der Waals surface area contributed by atoms with Gasteiger partial charge < -0.3 is 9.47 Å². The lowest BCUT2D eigenvalue weighted by atomic mass is 9.97. The van der Waals surface area contributed by atoms with Crippen LogP contribution in [0.1, 0.15) is 24.1 Å². The van der Waals surface area contributed by atoms with Crippen LogP contribution in [0.15, 0.2) is 42.5 Å². The highest BCUT2D eigenvalue weighted by Gasteiger charge is 2.21. The molecule has 0 aliphatic carbocycles. The van der Waals surface area contributed by atoms with Crippen LogP contribution in [-0.4, -0.2) is 13.7 Å². The predicted octanol–water partition coefficient (Wildman–Crippen LogP) is 2.79. The Balaban J connectivity index is 2.40. The van der Waals surface area contributed by atoms with Crippen LogP contribution in [0, 0.1) is 5.82 Å². The first kappa shape index (κ1) is 15.3. The van der Waals surface area contributed by atoms with E-state index in [9.17, 15) is 4.39 Å². The van der Waals surface area contributed by atoms with E-state index >= 15 is 0 Å². The van der Waals surface area contributed by atoms with Crippen LogP contribution in [0.5, 0.6) is 11.5 Å². The van der Waals surface area contributed by atoms with Crippen molar-refractivity contribution in [2.75, 3.05) is 13.7 Å². The molecule has 0 amide bonds. The molecule has 0 heterocycles. The summed E-state index contributed by atoms with van der Waals surface area (Å²) < 4.78 is 24.8. The molecule has 4 nitrogen and oxygen atoms in total. The van der Waals surface area contributed by atoms with E-state index in [1.54, 1.807) is 12.1 Å². The molecule has 0 fully saturated rings. The molecule has 2 rings (SSSR count). The lowest BCUT2D eigenvalue weighted by Gasteiger charge is -2.20. The van der Waals surface area contributed by atoms with E-state index < -0.39 is 6.04 Å². The average molecular weight is 290 g/mol. The Morgan fingerprint density at radius 1 is 1.19 bits per heavy atom. The van der Waals surface area contributed by atoms with E-state index in [0.29, 0.717) is 17.9 Å². The quantitative estimate of drug-likeness (QED) is 0.634. The zero-order valence-corrected chi connectivity index (χ0v) is 12.1. The van der Waals surface area contributed by atoms with Crippen molar-refractivity contribution in [3.63, 3.8) is 0 Å². The summed E-state index contributed by atoms with van der Waals surface area (Å²) in [5.74, 6) is 6.47. The maximum Gasteiger partial charge on any atom is 0.132 e. The SMILES string of the molecule is CCOc1ccc(C(NN)c2c(F)cccc2OC)cc1. The van der Waals surface area contributed by atoms with Crippen LogP contribution >= 0.6 is 0 Å². The molecule has 2 aromatic carbocycles. The minimum atomic E-state index is -0.503. The fourth-order valence-electron chi connectivity index (χ4n) is 2.24. The highest BCUT2D eigenvalue weighted by Crippen LogP contribution is 2.32. The summed E-state index contributed by atoms with van der Waals surface area (Å²) in [6.45, 7) is 2.52. The third-order valence-electron chi connectivity index (χ3n) is 3.21. The molecular weight excluding hydrogens is 271 g/mol. The maximum absolute atomic E-state index is 14.2. The Morgan fingerprint density at radius 2 is 1.90 bits per heavy atom. The largest absolute Gasteiger partial charge is 0.496 e. The zero-order valence-electron chi connectivity index (χ0n) is 12.1. The van der Waals surface area contributed by atoms with Crippen LogP contribution in [-0.2, 0) is 0 Å². The topological polar surface area (TPSA) is 56.5 Å². The lowest BCUT2D eigenvalue weighted by Crippen LogP contribution is -2.29. The van der Waals surface area contributed by atoms with Crippen molar-refractivity contribution in [1.29, 1.82) is 0 Å². The third-order valence-corrected chi connectivity index (χ3v) is 3.21. The van der Waals surface area contributed by atoms with Crippen molar-refractivity contribution in [1.82, 2.24) is 5.43 Å². The van der Waals surface area contributed by atoms with E-state index in [2.05, 4.69) is 5.43 Å². The number of hydrazine groups is 1. The summed E-state index contributed by atoms with van der Waals surface area (Å²) in [6, 6.07) is 11.5. The smallest absolute Gasteiger partial charge is 0.132 e. The normalized spacial score (nSPS) is 12.0. The second-order valence-electron chi connectivity index (χ2n) is 4.46. The number of hydrogen-bond acceptors (Lipinski definition) is 4. The van der Waals surface area contributed by atoms with E-state index in [-0.39, 0.29) is 5.82 Å². The number of hydrogen-bond donors (Lipinski definition) is 2. The van der Waals surface area contributed by atoms with E-state index in [4.69, 9.17) is 15.3 Å². The number of halogens is 1. The van der Waals surface area contributed by atoms with Gasteiger partial charge in [0.2, 0.25) is 0 Å². The van der Waals surface area contributed by atoms with E-state index in [1.165, 1.54) is 13.2 Å². The van der Waals surface area contributed by atoms with Gasteiger partial charge in [0, 0.05) is 0 Å². The minimum absolute atomic E-state index is 0.369. The van der Waals surface area contributed by atoms with Gasteiger partial charge in [0.05, 0.1) is 25.3 Å². The molecule has 1 unspecified atom stereocenters. The molecule has 1 atom stereocenters. The van der Waals surface area contributed by atoms with Crippen molar-refractivity contribution >= 4 is 0 Å². The molecule has 0 radical (unpaired) electrons. The maximum atomic E-state index is 14.2. The molecule has 0 saturated carbocycles. The Kier molecular flexibility index (Phi) is 5.14. The molecule has 5 heteroatoms. The van der Waals surface area contributed by atoms with Crippen LogP contribution in [0.2, 0.25) is 0 Å². The van der Waals surface area contributed by atoms with Gasteiger partial charge in [-0.1, -0.05) is 18.2 Å². The first-order valence-corrected chi connectivity index (χ1v) is 6.72. The number of benzene rings is 2. The highest BCUT2D eigenvalue weighted by atomic mass is 19.1. The molecule has 0 saturated heterocycles. The molecule has 0 aliphatic rings. The van der Waals surface area contributed by atoms with Crippen LogP contribution in [0.25, 0.3) is 0 Å². The zero-order chi connectivity index (χ0) is 15.2. The summed E-state index contributed by atoms with van der Waals surface area (Å²) in [4.78, 5) is 0. The third kappa shape index (κ3) is 3.32. The molecular formula is C16H19FN2O2. The Labute approximate surface area is 123 Å². The Hall–Kier alpha value is -2.11. The van der Waals surface area contributed by atoms with Crippen molar-refractivity contribution in [2.24, 2.45) is 5.84 Å². The molecule has 0 bridgehead atoms. The summed E-state index contributed by atoms with van der Waals surface area (Å²) in [5.41, 5.74) is 3.85. The predicted molar refractivity (Wildman–Crippen MR) is 79.7 cm³/mol. The van der Waals surface area contributed by atoms with Gasteiger partial charge in [-0.3, -0.25) is 5.84 Å². The van der Waals surface area contributed by atoms with Gasteiger partial charge in [-0.15, -0.1) is 0 Å². The van der Waals surface area contributed by atoms with Crippen LogP contribution < -0.4 is 20.7 Å². The summed E-state index contributed by atoms with van der Waals surface area (Å²) in [6.07, 6.45) is 0. The second-order valence-corrected chi connectivity index (χ2v) is 4.46. The Bertz CT molecular complexity index is 587. The standard InChI is InChI=1S/C16H19FN2O2/c1-3-21-12-9-7-11(8-10-12)16(19-18)15-13(17)5-4-6-14(15)20-2/h4-10,16,19H,3,18H2,1-2H3. The van der Waals surface area contributed by atoms with Gasteiger partial charge in [0.1, 0.15) is 17.3 Å². The highest BCUT2D eigenvalue weighted by molar-refractivity contribution is 5.43. The van der Waals surface area contributed by atoms with Crippen LogP contribution in [0.4, 0.5) is 4.39 Å². The molecule has 0 spiro atoms. The molecule has 21 heavy (non-hydrogen) atoms. The number of nitrogens with one attached hydrogen (secondary N) is 1. The number of nitrogens with two attached hydrogens (primary N) is 1. The lowest BCUT2D eigenvalue weighted by molar-refractivity contribution is 0.340. The number of ether oxygens (including phenoxy) is 2. The molecule has 0 aromatic heterocycles. The number of rotatable bonds is 6. The first-order valence-electron chi connectivity index (χ1n) is 6.72. The van der Waals surface area contributed by atoms with E-state index in [1.807, 2.05) is 31.2 Å². The van der Waals surface area contributed by atoms with Gasteiger partial charge in [0.15, 0.2) is 0 Å². The van der Waals surface area contributed by atoms with Crippen molar-refractivity contribution in [2.45, 2.75) is 13.0 Å². The molecule has 2 aromatic rings. The minimum Gasteiger partial charge on any atom is -0.496 e. The van der Waals surface area contributed by atoms with Crippen LogP contribution in [0.3, 0.4) is 0 Å². The summed E-state index contributed by atoms with van der Waals surface area (Å²) >= 11 is 0. The summed E-state index contributed by atoms with van der Waals surface area (Å²) in [5, 5.41) is 0.